The monoisotopic (exact) mass is 499 g/mol. The van der Waals surface area contributed by atoms with Crippen LogP contribution in [0.4, 0.5) is 0 Å². The van der Waals surface area contributed by atoms with Crippen LogP contribution in [0.15, 0.2) is 28.5 Å². The third kappa shape index (κ3) is 6.63. The van der Waals surface area contributed by atoms with Crippen LogP contribution in [0.5, 0.6) is 11.5 Å². The van der Waals surface area contributed by atoms with Crippen LogP contribution in [0.2, 0.25) is 0 Å². The van der Waals surface area contributed by atoms with Crippen molar-refractivity contribution in [2.75, 3.05) is 39.4 Å². The molecule has 1 aromatic heterocycles. The summed E-state index contributed by atoms with van der Waals surface area (Å²) in [5.74, 6) is -2.54. The number of aryl methyl sites for hydroxylation is 1. The van der Waals surface area contributed by atoms with E-state index in [1.165, 1.54) is 0 Å². The van der Waals surface area contributed by atoms with Crippen LogP contribution in [0, 0.1) is 6.92 Å². The van der Waals surface area contributed by atoms with Crippen LogP contribution in [0.25, 0.3) is 0 Å². The summed E-state index contributed by atoms with van der Waals surface area (Å²) in [5.41, 5.74) is 1.05. The van der Waals surface area contributed by atoms with Gasteiger partial charge in [0.05, 0.1) is 28.8 Å². The van der Waals surface area contributed by atoms with Crippen LogP contribution in [0.3, 0.4) is 0 Å². The topological polar surface area (TPSA) is 147 Å². The molecule has 0 unspecified atom stereocenters. The lowest BCUT2D eigenvalue weighted by Crippen LogP contribution is -2.48. The minimum atomic E-state index is -3.54. The highest BCUT2D eigenvalue weighted by Crippen LogP contribution is 2.33. The summed E-state index contributed by atoms with van der Waals surface area (Å²) in [7, 11) is -3.54. The van der Waals surface area contributed by atoms with Crippen molar-refractivity contribution in [1.29, 1.82) is 0 Å². The first-order valence-corrected chi connectivity index (χ1v) is 12.5. The summed E-state index contributed by atoms with van der Waals surface area (Å²) in [6.45, 7) is 6.21. The van der Waals surface area contributed by atoms with Gasteiger partial charge in [0.15, 0.2) is 11.5 Å². The van der Waals surface area contributed by atoms with E-state index in [4.69, 9.17) is 29.3 Å². The van der Waals surface area contributed by atoms with Gasteiger partial charge in [-0.3, -0.25) is 4.90 Å². The van der Waals surface area contributed by atoms with Gasteiger partial charge in [0.1, 0.15) is 0 Å². The third-order valence-corrected chi connectivity index (χ3v) is 7.64. The number of aromatic nitrogens is 1. The number of sulfonamides is 1. The minimum absolute atomic E-state index is 0.260. The zero-order valence-corrected chi connectivity index (χ0v) is 19.6. The van der Waals surface area contributed by atoms with Crippen LogP contribution < -0.4 is 9.47 Å². The Morgan fingerprint density at radius 2 is 1.70 bits per heavy atom. The quantitative estimate of drug-likeness (QED) is 0.590. The molecule has 3 heterocycles. The van der Waals surface area contributed by atoms with Gasteiger partial charge < -0.3 is 19.7 Å². The van der Waals surface area contributed by atoms with Crippen molar-refractivity contribution in [2.45, 2.75) is 24.8 Å². The Hall–Kier alpha value is -2.74. The van der Waals surface area contributed by atoms with E-state index in [9.17, 15) is 8.42 Å². The maximum absolute atomic E-state index is 13.0. The van der Waals surface area contributed by atoms with Crippen LogP contribution in [0.1, 0.15) is 17.1 Å². The largest absolute Gasteiger partial charge is 0.490 e. The SMILES string of the molecule is Cc1nc(CN2CCN(S(=O)(=O)c3ccc4c(c3)OCCCO4)CC2)cs1.O=C(O)C(=O)O. The van der Waals surface area contributed by atoms with E-state index >= 15 is 0 Å². The van der Waals surface area contributed by atoms with E-state index in [1.54, 1.807) is 33.8 Å². The molecule has 13 heteroatoms. The number of rotatable bonds is 4. The molecule has 4 rings (SSSR count). The van der Waals surface area contributed by atoms with Gasteiger partial charge in [0, 0.05) is 50.6 Å². The predicted octanol–water partition coefficient (Wildman–Crippen LogP) is 1.27. The van der Waals surface area contributed by atoms with Crippen molar-refractivity contribution in [2.24, 2.45) is 0 Å². The standard InChI is InChI=1S/C18H23N3O4S2.C2H2O4/c1-14-19-15(13-26-14)12-20-5-7-21(8-6-20)27(22,23)16-3-4-17-18(11-16)25-10-2-9-24-17;3-1(4)2(5)6/h3-4,11,13H,2,5-10,12H2,1H3;(H,3,4)(H,5,6). The Morgan fingerprint density at radius 3 is 2.27 bits per heavy atom. The van der Waals surface area contributed by atoms with E-state index in [-0.39, 0.29) is 4.90 Å². The lowest BCUT2D eigenvalue weighted by Gasteiger charge is -2.33. The van der Waals surface area contributed by atoms with Gasteiger partial charge in [-0.15, -0.1) is 11.3 Å². The second kappa shape index (κ2) is 10.9. The third-order valence-electron chi connectivity index (χ3n) is 4.92. The van der Waals surface area contributed by atoms with Gasteiger partial charge in [-0.25, -0.2) is 23.0 Å². The summed E-state index contributed by atoms with van der Waals surface area (Å²) >= 11 is 1.64. The van der Waals surface area contributed by atoms with E-state index in [0.29, 0.717) is 50.9 Å². The van der Waals surface area contributed by atoms with Gasteiger partial charge >= 0.3 is 11.9 Å². The predicted molar refractivity (Wildman–Crippen MR) is 118 cm³/mol. The first-order chi connectivity index (χ1) is 15.7. The highest BCUT2D eigenvalue weighted by molar-refractivity contribution is 7.89. The van der Waals surface area contributed by atoms with Crippen LogP contribution >= 0.6 is 11.3 Å². The molecule has 11 nitrogen and oxygen atoms in total. The second-order valence-corrected chi connectivity index (χ2v) is 10.3. The van der Waals surface area contributed by atoms with Crippen molar-refractivity contribution >= 4 is 33.3 Å². The molecule has 2 N–H and O–H groups in total. The van der Waals surface area contributed by atoms with Gasteiger partial charge in [-0.05, 0) is 19.1 Å². The molecule has 0 bridgehead atoms. The van der Waals surface area contributed by atoms with E-state index in [1.807, 2.05) is 6.92 Å². The summed E-state index contributed by atoms with van der Waals surface area (Å²) in [6.07, 6.45) is 0.789. The average molecular weight is 500 g/mol. The second-order valence-electron chi connectivity index (χ2n) is 7.31. The molecule has 1 fully saturated rings. The molecule has 0 radical (unpaired) electrons. The molecule has 0 spiro atoms. The first-order valence-electron chi connectivity index (χ1n) is 10.2. The van der Waals surface area contributed by atoms with E-state index < -0.39 is 22.0 Å². The lowest BCUT2D eigenvalue weighted by atomic mass is 10.3. The number of ether oxygens (including phenoxy) is 2. The Bertz CT molecular complexity index is 1080. The fourth-order valence-electron chi connectivity index (χ4n) is 3.29. The highest BCUT2D eigenvalue weighted by atomic mass is 32.2. The van der Waals surface area contributed by atoms with Gasteiger partial charge in [-0.2, -0.15) is 4.31 Å². The molecule has 0 aliphatic carbocycles. The molecule has 1 saturated heterocycles. The van der Waals surface area contributed by atoms with Gasteiger partial charge in [0.25, 0.3) is 0 Å². The molecule has 2 aliphatic heterocycles. The number of carboxylic acid groups (broad SMARTS) is 2. The first kappa shape index (κ1) is 24.9. The van der Waals surface area contributed by atoms with Crippen LogP contribution in [-0.2, 0) is 26.2 Å². The number of hydrogen-bond donors (Lipinski definition) is 2. The fraction of sp³-hybridized carbons (Fsp3) is 0.450. The number of benzene rings is 1. The number of carboxylic acids is 2. The Morgan fingerprint density at radius 1 is 1.06 bits per heavy atom. The fourth-order valence-corrected chi connectivity index (χ4v) is 5.33. The van der Waals surface area contributed by atoms with E-state index in [2.05, 4.69) is 15.3 Å². The van der Waals surface area contributed by atoms with Crippen molar-refractivity contribution in [3.8, 4) is 11.5 Å². The van der Waals surface area contributed by atoms with Gasteiger partial charge in [0.2, 0.25) is 10.0 Å². The summed E-state index contributed by atoms with van der Waals surface area (Å²) in [5, 5.41) is 17.9. The van der Waals surface area contributed by atoms with Crippen LogP contribution in [-0.4, -0.2) is 84.2 Å². The number of piperazine rings is 1. The van der Waals surface area contributed by atoms with E-state index in [0.717, 1.165) is 23.7 Å². The molecule has 1 aromatic carbocycles. The average Bonchev–Trinajstić information content (AvgIpc) is 3.05. The van der Waals surface area contributed by atoms with Crippen molar-refractivity contribution in [3.63, 3.8) is 0 Å². The Balaban J connectivity index is 0.000000454. The zero-order chi connectivity index (χ0) is 24.0. The number of fused-ring (bicyclic) bond motifs is 1. The molecule has 33 heavy (non-hydrogen) atoms. The zero-order valence-electron chi connectivity index (χ0n) is 18.0. The molecule has 0 amide bonds. The van der Waals surface area contributed by atoms with Crippen molar-refractivity contribution in [1.82, 2.24) is 14.2 Å². The number of aliphatic carboxylic acids is 2. The van der Waals surface area contributed by atoms with Crippen molar-refractivity contribution in [3.05, 3.63) is 34.3 Å². The molecular weight excluding hydrogens is 474 g/mol. The molecule has 180 valence electrons. The minimum Gasteiger partial charge on any atom is -0.490 e. The molecular formula is C20H25N3O8S2. The maximum atomic E-state index is 13.0. The number of thiazole rings is 1. The van der Waals surface area contributed by atoms with Gasteiger partial charge in [-0.1, -0.05) is 0 Å². The molecule has 2 aromatic rings. The lowest BCUT2D eigenvalue weighted by molar-refractivity contribution is -0.159. The normalized spacial score (nSPS) is 16.9. The molecule has 0 atom stereocenters. The summed E-state index contributed by atoms with van der Waals surface area (Å²) in [4.78, 5) is 25.2. The Labute approximate surface area is 195 Å². The summed E-state index contributed by atoms with van der Waals surface area (Å²) in [6, 6.07) is 4.88. The summed E-state index contributed by atoms with van der Waals surface area (Å²) < 4.78 is 38.8. The maximum Gasteiger partial charge on any atom is 0.414 e. The molecule has 0 saturated carbocycles. The smallest absolute Gasteiger partial charge is 0.414 e. The number of hydrogen-bond acceptors (Lipinski definition) is 9. The van der Waals surface area contributed by atoms with Crippen molar-refractivity contribution < 1.29 is 37.7 Å². The Kier molecular flexibility index (Phi) is 8.24. The number of carbonyl (C=O) groups is 2. The number of nitrogens with zero attached hydrogens (tertiary/aromatic N) is 3. The molecule has 2 aliphatic rings. The highest BCUT2D eigenvalue weighted by Gasteiger charge is 2.29.